The Morgan fingerprint density at radius 3 is 2.81 bits per heavy atom. The lowest BCUT2D eigenvalue weighted by Crippen LogP contribution is -2.44. The number of carbonyl (C=O) groups excluding carboxylic acids is 1. The highest BCUT2D eigenvalue weighted by atomic mass is 16.2. The van der Waals surface area contributed by atoms with Crippen LogP contribution in [0.5, 0.6) is 0 Å². The zero-order valence-electron chi connectivity index (χ0n) is 14.7. The summed E-state index contributed by atoms with van der Waals surface area (Å²) in [5.41, 5.74) is -0.323. The Labute approximate surface area is 150 Å². The zero-order valence-corrected chi connectivity index (χ0v) is 14.7. The molecule has 136 valence electrons. The molecule has 2 aliphatic heterocycles. The fourth-order valence-corrected chi connectivity index (χ4v) is 3.96. The van der Waals surface area contributed by atoms with E-state index in [1.807, 2.05) is 23.1 Å². The van der Waals surface area contributed by atoms with Gasteiger partial charge < -0.3 is 4.90 Å². The topological polar surface area (TPSA) is 90.1 Å². The van der Waals surface area contributed by atoms with E-state index in [1.165, 1.54) is 9.25 Å². The average Bonchev–Trinajstić information content (AvgIpc) is 3.03. The minimum atomic E-state index is -0.571. The highest BCUT2D eigenvalue weighted by Crippen LogP contribution is 2.36. The van der Waals surface area contributed by atoms with Crippen molar-refractivity contribution in [1.82, 2.24) is 24.2 Å². The number of piperidine rings is 1. The molecule has 0 aliphatic carbocycles. The van der Waals surface area contributed by atoms with Crippen molar-refractivity contribution >= 4 is 5.91 Å². The smallest absolute Gasteiger partial charge is 0.332 e. The van der Waals surface area contributed by atoms with Crippen LogP contribution in [0.2, 0.25) is 0 Å². The largest absolute Gasteiger partial charge is 0.342 e. The molecule has 2 aliphatic rings. The van der Waals surface area contributed by atoms with E-state index in [9.17, 15) is 14.4 Å². The van der Waals surface area contributed by atoms with E-state index in [-0.39, 0.29) is 24.2 Å². The highest BCUT2D eigenvalue weighted by molar-refractivity contribution is 5.78. The highest BCUT2D eigenvalue weighted by Gasteiger charge is 2.41. The van der Waals surface area contributed by atoms with Crippen LogP contribution >= 0.6 is 0 Å². The molecule has 1 amide bonds. The third-order valence-electron chi connectivity index (χ3n) is 5.38. The monoisotopic (exact) mass is 355 g/mol. The summed E-state index contributed by atoms with van der Waals surface area (Å²) in [4.78, 5) is 43.1. The zero-order chi connectivity index (χ0) is 18.3. The fourth-order valence-electron chi connectivity index (χ4n) is 3.96. The van der Waals surface area contributed by atoms with Crippen molar-refractivity contribution < 1.29 is 4.79 Å². The van der Waals surface area contributed by atoms with Gasteiger partial charge in [0.2, 0.25) is 5.91 Å². The Kier molecular flexibility index (Phi) is 4.18. The van der Waals surface area contributed by atoms with Gasteiger partial charge in [0, 0.05) is 44.0 Å². The second-order valence-corrected chi connectivity index (χ2v) is 6.89. The Hall–Kier alpha value is -2.77. The normalized spacial score (nSPS) is 21.3. The van der Waals surface area contributed by atoms with E-state index in [4.69, 9.17) is 0 Å². The van der Waals surface area contributed by atoms with Crippen LogP contribution in [0.3, 0.4) is 0 Å². The first kappa shape index (κ1) is 16.7. The first-order valence-corrected chi connectivity index (χ1v) is 8.98. The number of aromatic nitrogens is 4. The van der Waals surface area contributed by atoms with Gasteiger partial charge in [-0.1, -0.05) is 6.07 Å². The molecule has 0 saturated carbocycles. The van der Waals surface area contributed by atoms with Crippen molar-refractivity contribution in [3.8, 4) is 0 Å². The number of aryl methyl sites for hydroxylation is 1. The number of likely N-dealkylation sites (tertiary alicyclic amines) is 1. The molecule has 0 N–H and O–H groups in total. The fraction of sp³-hybridized carbons (Fsp3) is 0.500. The second kappa shape index (κ2) is 6.51. The quantitative estimate of drug-likeness (QED) is 0.724. The van der Waals surface area contributed by atoms with Crippen LogP contribution < -0.4 is 11.1 Å². The van der Waals surface area contributed by atoms with Crippen LogP contribution in [0.4, 0.5) is 0 Å². The first-order valence-electron chi connectivity index (χ1n) is 8.98. The number of hydrogen-bond donors (Lipinski definition) is 0. The number of fused-ring (bicyclic) bond motifs is 3. The molecule has 4 heterocycles. The first-order chi connectivity index (χ1) is 12.6. The van der Waals surface area contributed by atoms with Crippen molar-refractivity contribution in [3.05, 3.63) is 56.6 Å². The molecule has 4 rings (SSSR count). The number of carbonyl (C=O) groups is 1. The predicted molar refractivity (Wildman–Crippen MR) is 93.8 cm³/mol. The van der Waals surface area contributed by atoms with Gasteiger partial charge in [0.25, 0.3) is 0 Å². The summed E-state index contributed by atoms with van der Waals surface area (Å²) in [6.07, 6.45) is 2.76. The molecule has 2 aromatic heterocycles. The molecule has 0 radical (unpaired) electrons. The van der Waals surface area contributed by atoms with Gasteiger partial charge in [-0.05, 0) is 31.4 Å². The van der Waals surface area contributed by atoms with E-state index in [2.05, 4.69) is 10.1 Å². The SMILES string of the molecule is CCn1nc2n(c(=O)c1=O)C[C@H]1CCN(C(=O)Cc3ccccn3)C[C@@H]21. The molecule has 0 spiro atoms. The lowest BCUT2D eigenvalue weighted by Gasteiger charge is -2.34. The van der Waals surface area contributed by atoms with Crippen LogP contribution in [0.15, 0.2) is 34.0 Å². The molecule has 0 bridgehead atoms. The Morgan fingerprint density at radius 2 is 2.08 bits per heavy atom. The summed E-state index contributed by atoms with van der Waals surface area (Å²) in [6.45, 7) is 3.87. The van der Waals surface area contributed by atoms with Gasteiger partial charge in [-0.15, -0.1) is 0 Å². The minimum absolute atomic E-state index is 0.00234. The van der Waals surface area contributed by atoms with Gasteiger partial charge >= 0.3 is 11.1 Å². The number of pyridine rings is 1. The molecule has 8 heteroatoms. The van der Waals surface area contributed by atoms with Crippen molar-refractivity contribution in [1.29, 1.82) is 0 Å². The van der Waals surface area contributed by atoms with Crippen molar-refractivity contribution in [2.24, 2.45) is 5.92 Å². The van der Waals surface area contributed by atoms with E-state index < -0.39 is 11.1 Å². The van der Waals surface area contributed by atoms with Crippen molar-refractivity contribution in [2.75, 3.05) is 13.1 Å². The Morgan fingerprint density at radius 1 is 1.23 bits per heavy atom. The van der Waals surface area contributed by atoms with Crippen molar-refractivity contribution in [3.63, 3.8) is 0 Å². The van der Waals surface area contributed by atoms with Crippen LogP contribution in [-0.4, -0.2) is 43.2 Å². The van der Waals surface area contributed by atoms with Gasteiger partial charge in [0.1, 0.15) is 5.82 Å². The van der Waals surface area contributed by atoms with E-state index in [0.29, 0.717) is 32.0 Å². The molecule has 0 aromatic carbocycles. The summed E-state index contributed by atoms with van der Waals surface area (Å²) >= 11 is 0. The standard InChI is InChI=1S/C18H21N5O3/c1-2-23-18(26)17(25)22-10-12-6-8-21(11-14(12)16(22)20-23)15(24)9-13-5-3-4-7-19-13/h3-5,7,12,14H,2,6,8-11H2,1H3/t12-,14-/m1/s1. The summed E-state index contributed by atoms with van der Waals surface area (Å²) in [5, 5.41) is 4.41. The molecular formula is C18H21N5O3. The second-order valence-electron chi connectivity index (χ2n) is 6.89. The molecule has 0 unspecified atom stereocenters. The molecule has 2 atom stereocenters. The van der Waals surface area contributed by atoms with Crippen LogP contribution in [-0.2, 0) is 24.3 Å². The minimum Gasteiger partial charge on any atom is -0.342 e. The van der Waals surface area contributed by atoms with Gasteiger partial charge in [-0.2, -0.15) is 5.10 Å². The van der Waals surface area contributed by atoms with Gasteiger partial charge in [-0.25, -0.2) is 4.68 Å². The lowest BCUT2D eigenvalue weighted by atomic mass is 9.87. The molecule has 26 heavy (non-hydrogen) atoms. The lowest BCUT2D eigenvalue weighted by molar-refractivity contribution is -0.132. The van der Waals surface area contributed by atoms with Gasteiger partial charge in [-0.3, -0.25) is 23.9 Å². The summed E-state index contributed by atoms with van der Waals surface area (Å²) < 4.78 is 2.74. The Balaban J connectivity index is 1.58. The molecular weight excluding hydrogens is 334 g/mol. The van der Waals surface area contributed by atoms with Crippen LogP contribution in [0.25, 0.3) is 0 Å². The third-order valence-corrected chi connectivity index (χ3v) is 5.38. The third kappa shape index (κ3) is 2.75. The maximum absolute atomic E-state index is 12.7. The number of nitrogens with zero attached hydrogens (tertiary/aromatic N) is 5. The Bertz CT molecular complexity index is 950. The molecule has 8 nitrogen and oxygen atoms in total. The summed E-state index contributed by atoms with van der Waals surface area (Å²) in [7, 11) is 0. The number of hydrogen-bond acceptors (Lipinski definition) is 5. The molecule has 1 saturated heterocycles. The van der Waals surface area contributed by atoms with Crippen LogP contribution in [0.1, 0.15) is 30.8 Å². The van der Waals surface area contributed by atoms with Crippen LogP contribution in [0, 0.1) is 5.92 Å². The predicted octanol–water partition coefficient (Wildman–Crippen LogP) is 0.00830. The average molecular weight is 355 g/mol. The summed E-state index contributed by atoms with van der Waals surface area (Å²) in [6, 6.07) is 5.54. The maximum Gasteiger partial charge on any atom is 0.332 e. The van der Waals surface area contributed by atoms with Gasteiger partial charge in [0.15, 0.2) is 0 Å². The van der Waals surface area contributed by atoms with E-state index in [0.717, 1.165) is 12.1 Å². The number of rotatable bonds is 3. The number of amides is 1. The van der Waals surface area contributed by atoms with Gasteiger partial charge in [0.05, 0.1) is 6.42 Å². The summed E-state index contributed by atoms with van der Waals surface area (Å²) in [5.74, 6) is 0.923. The molecule has 1 fully saturated rings. The van der Waals surface area contributed by atoms with Crippen molar-refractivity contribution in [2.45, 2.75) is 38.8 Å². The van der Waals surface area contributed by atoms with E-state index in [1.54, 1.807) is 13.1 Å². The molecule has 2 aromatic rings. The van der Waals surface area contributed by atoms with E-state index >= 15 is 0 Å². The maximum atomic E-state index is 12.7.